The molecule has 0 aliphatic carbocycles. The van der Waals surface area contributed by atoms with Gasteiger partial charge < -0.3 is 24.1 Å². The van der Waals surface area contributed by atoms with Gasteiger partial charge in [0.05, 0.1) is 12.6 Å². The average Bonchev–Trinajstić information content (AvgIpc) is 3.11. The predicted octanol–water partition coefficient (Wildman–Crippen LogP) is 4.76. The van der Waals surface area contributed by atoms with Crippen molar-refractivity contribution in [3.05, 3.63) is 60.8 Å². The van der Waals surface area contributed by atoms with Crippen LogP contribution in [-0.2, 0) is 7.05 Å². The highest BCUT2D eigenvalue weighted by Crippen LogP contribution is 2.36. The van der Waals surface area contributed by atoms with Crippen molar-refractivity contribution in [2.24, 2.45) is 7.05 Å². The Morgan fingerprint density at radius 1 is 1.00 bits per heavy atom. The highest BCUT2D eigenvalue weighted by molar-refractivity contribution is 5.96. The van der Waals surface area contributed by atoms with E-state index in [4.69, 9.17) is 14.2 Å². The molecule has 1 aliphatic rings. The summed E-state index contributed by atoms with van der Waals surface area (Å²) in [6.07, 6.45) is 1.82. The van der Waals surface area contributed by atoms with Crippen LogP contribution in [0.4, 0.5) is 11.5 Å². The Hall–Kier alpha value is -3.67. The molecule has 1 N–H and O–H groups in total. The van der Waals surface area contributed by atoms with Crippen molar-refractivity contribution in [1.82, 2.24) is 9.55 Å². The number of nitrogens with zero attached hydrogens (tertiary/aromatic N) is 2. The van der Waals surface area contributed by atoms with Crippen LogP contribution in [0.3, 0.4) is 0 Å². The van der Waals surface area contributed by atoms with Crippen molar-refractivity contribution >= 4 is 22.4 Å². The summed E-state index contributed by atoms with van der Waals surface area (Å²) in [6, 6.07) is 18.1. The lowest BCUT2D eigenvalue weighted by atomic mass is 10.1. The first-order valence-electron chi connectivity index (χ1n) is 9.48. The quantitative estimate of drug-likeness (QED) is 0.547. The van der Waals surface area contributed by atoms with Gasteiger partial charge in [0, 0.05) is 41.6 Å². The maximum absolute atomic E-state index is 5.69. The van der Waals surface area contributed by atoms with Crippen LogP contribution >= 0.6 is 0 Å². The van der Waals surface area contributed by atoms with Crippen LogP contribution < -0.4 is 19.5 Å². The van der Waals surface area contributed by atoms with Crippen molar-refractivity contribution in [3.8, 4) is 28.5 Å². The zero-order valence-corrected chi connectivity index (χ0v) is 16.3. The number of methoxy groups -OCH3 is 1. The first-order chi connectivity index (χ1) is 14.2. The van der Waals surface area contributed by atoms with Crippen LogP contribution in [0.5, 0.6) is 17.2 Å². The van der Waals surface area contributed by atoms with Crippen LogP contribution in [0.1, 0.15) is 0 Å². The normalized spacial score (nSPS) is 12.8. The van der Waals surface area contributed by atoms with Crippen molar-refractivity contribution < 1.29 is 14.2 Å². The smallest absolute Gasteiger partial charge is 0.163 e. The second-order valence-corrected chi connectivity index (χ2v) is 6.90. The van der Waals surface area contributed by atoms with Crippen molar-refractivity contribution in [2.45, 2.75) is 0 Å². The van der Waals surface area contributed by atoms with Gasteiger partial charge in [-0.25, -0.2) is 4.98 Å². The minimum atomic E-state index is 0.562. The Morgan fingerprint density at radius 2 is 1.86 bits per heavy atom. The molecule has 0 unspecified atom stereocenters. The molecular weight excluding hydrogens is 366 g/mol. The molecule has 6 heteroatoms. The average molecular weight is 387 g/mol. The molecule has 2 aromatic carbocycles. The first-order valence-corrected chi connectivity index (χ1v) is 9.48. The van der Waals surface area contributed by atoms with Gasteiger partial charge in [-0.05, 0) is 36.4 Å². The van der Waals surface area contributed by atoms with Gasteiger partial charge in [-0.15, -0.1) is 0 Å². The maximum Gasteiger partial charge on any atom is 0.163 e. The molecule has 2 aromatic heterocycles. The number of nitrogens with one attached hydrogen (secondary N) is 1. The Bertz CT molecular complexity index is 1200. The van der Waals surface area contributed by atoms with Crippen LogP contribution in [-0.4, -0.2) is 29.9 Å². The standard InChI is InChI=1S/C23H21N3O3/c1-26-19-8-9-24-23(25-16-6-7-21-22(13-16)29-11-10-28-21)18(19)14-20(26)15-4-3-5-17(12-15)27-2/h3-9,12-14H,10-11H2,1-2H3,(H,24,25). The summed E-state index contributed by atoms with van der Waals surface area (Å²) < 4.78 is 18.8. The molecule has 0 fully saturated rings. The van der Waals surface area contributed by atoms with Crippen molar-refractivity contribution in [3.63, 3.8) is 0 Å². The number of aryl methyl sites for hydroxylation is 1. The largest absolute Gasteiger partial charge is 0.497 e. The van der Waals surface area contributed by atoms with Gasteiger partial charge in [-0.1, -0.05) is 12.1 Å². The van der Waals surface area contributed by atoms with E-state index in [1.54, 1.807) is 7.11 Å². The zero-order chi connectivity index (χ0) is 19.8. The minimum absolute atomic E-state index is 0.562. The third kappa shape index (κ3) is 3.12. The molecule has 0 saturated carbocycles. The number of pyridine rings is 1. The molecule has 0 amide bonds. The summed E-state index contributed by atoms with van der Waals surface area (Å²) in [5.74, 6) is 3.15. The lowest BCUT2D eigenvalue weighted by Crippen LogP contribution is -2.15. The molecular formula is C23H21N3O3. The van der Waals surface area contributed by atoms with Gasteiger partial charge in [0.25, 0.3) is 0 Å². The Balaban J connectivity index is 1.55. The Kier molecular flexibility index (Phi) is 4.24. The molecule has 0 radical (unpaired) electrons. The van der Waals surface area contributed by atoms with E-state index in [2.05, 4.69) is 34.0 Å². The fourth-order valence-electron chi connectivity index (χ4n) is 3.68. The van der Waals surface area contributed by atoms with E-state index in [9.17, 15) is 0 Å². The fraction of sp³-hybridized carbons (Fsp3) is 0.174. The van der Waals surface area contributed by atoms with Crippen LogP contribution in [0.15, 0.2) is 60.8 Å². The van der Waals surface area contributed by atoms with E-state index < -0.39 is 0 Å². The van der Waals surface area contributed by atoms with Gasteiger partial charge in [0.1, 0.15) is 24.8 Å². The van der Waals surface area contributed by atoms with Gasteiger partial charge in [-0.2, -0.15) is 0 Å². The SMILES string of the molecule is COc1cccc(-c2cc3c(Nc4ccc5c(c4)OCCO5)nccc3n2C)c1. The summed E-state index contributed by atoms with van der Waals surface area (Å²) in [7, 11) is 3.74. The first kappa shape index (κ1) is 17.4. The number of ether oxygens (including phenoxy) is 3. The second-order valence-electron chi connectivity index (χ2n) is 6.90. The van der Waals surface area contributed by atoms with E-state index in [-0.39, 0.29) is 0 Å². The number of hydrogen-bond donors (Lipinski definition) is 1. The third-order valence-corrected chi connectivity index (χ3v) is 5.14. The van der Waals surface area contributed by atoms with E-state index >= 15 is 0 Å². The van der Waals surface area contributed by atoms with Crippen molar-refractivity contribution in [2.75, 3.05) is 25.6 Å². The zero-order valence-electron chi connectivity index (χ0n) is 16.3. The molecule has 29 heavy (non-hydrogen) atoms. The second kappa shape index (κ2) is 7.05. The topological polar surface area (TPSA) is 57.5 Å². The summed E-state index contributed by atoms with van der Waals surface area (Å²) in [5, 5.41) is 4.47. The number of aromatic nitrogens is 2. The predicted molar refractivity (Wildman–Crippen MR) is 113 cm³/mol. The Morgan fingerprint density at radius 3 is 2.72 bits per heavy atom. The summed E-state index contributed by atoms with van der Waals surface area (Å²) >= 11 is 0. The lowest BCUT2D eigenvalue weighted by molar-refractivity contribution is 0.171. The molecule has 0 spiro atoms. The molecule has 1 aliphatic heterocycles. The number of hydrogen-bond acceptors (Lipinski definition) is 5. The third-order valence-electron chi connectivity index (χ3n) is 5.14. The number of rotatable bonds is 4. The number of fused-ring (bicyclic) bond motifs is 2. The van der Waals surface area contributed by atoms with E-state index in [1.807, 2.05) is 48.7 Å². The molecule has 4 aromatic rings. The summed E-state index contributed by atoms with van der Waals surface area (Å²) in [6.45, 7) is 1.14. The monoisotopic (exact) mass is 387 g/mol. The van der Waals surface area contributed by atoms with Gasteiger partial charge in [-0.3, -0.25) is 0 Å². The van der Waals surface area contributed by atoms with Crippen molar-refractivity contribution in [1.29, 1.82) is 0 Å². The molecule has 0 bridgehead atoms. The molecule has 0 atom stereocenters. The highest BCUT2D eigenvalue weighted by atomic mass is 16.6. The summed E-state index contributed by atoms with van der Waals surface area (Å²) in [4.78, 5) is 4.57. The molecule has 5 rings (SSSR count). The summed E-state index contributed by atoms with van der Waals surface area (Å²) in [5.41, 5.74) is 4.18. The molecule has 6 nitrogen and oxygen atoms in total. The van der Waals surface area contributed by atoms with E-state index in [0.717, 1.165) is 50.9 Å². The van der Waals surface area contributed by atoms with E-state index in [1.165, 1.54) is 0 Å². The van der Waals surface area contributed by atoms with Crippen LogP contribution in [0, 0.1) is 0 Å². The van der Waals surface area contributed by atoms with Gasteiger partial charge in [0.2, 0.25) is 0 Å². The van der Waals surface area contributed by atoms with Crippen LogP contribution in [0.2, 0.25) is 0 Å². The maximum atomic E-state index is 5.69. The van der Waals surface area contributed by atoms with Gasteiger partial charge >= 0.3 is 0 Å². The molecule has 146 valence electrons. The van der Waals surface area contributed by atoms with Crippen LogP contribution in [0.25, 0.3) is 22.2 Å². The molecule has 3 heterocycles. The number of anilines is 2. The fourth-order valence-corrected chi connectivity index (χ4v) is 3.68. The van der Waals surface area contributed by atoms with Gasteiger partial charge in [0.15, 0.2) is 11.5 Å². The Labute approximate surface area is 168 Å². The minimum Gasteiger partial charge on any atom is -0.497 e. The van der Waals surface area contributed by atoms with E-state index in [0.29, 0.717) is 13.2 Å². The highest BCUT2D eigenvalue weighted by Gasteiger charge is 2.15. The number of benzene rings is 2. The molecule has 0 saturated heterocycles. The lowest BCUT2D eigenvalue weighted by Gasteiger charge is -2.19.